The molecule has 3 aromatic heterocycles. The van der Waals surface area contributed by atoms with Gasteiger partial charge in [0.25, 0.3) is 0 Å². The van der Waals surface area contributed by atoms with Crippen LogP contribution in [0.3, 0.4) is 0 Å². The highest BCUT2D eigenvalue weighted by atomic mass is 32.2. The number of nitrogens with zero attached hydrogens (tertiary/aromatic N) is 4. The number of aromatic nitrogens is 3. The fourth-order valence-corrected chi connectivity index (χ4v) is 6.92. The highest BCUT2D eigenvalue weighted by Gasteiger charge is 2.39. The van der Waals surface area contributed by atoms with Gasteiger partial charge in [-0.25, -0.2) is 23.4 Å². The minimum absolute atomic E-state index is 0.120. The molecule has 1 aromatic carbocycles. The number of hydrogen-bond acceptors (Lipinski definition) is 9. The Labute approximate surface area is 220 Å². The molecule has 4 aromatic rings. The molecule has 0 saturated carbocycles. The predicted molar refractivity (Wildman–Crippen MR) is 144 cm³/mol. The number of pyridine rings is 2. The molecule has 1 atom stereocenters. The van der Waals surface area contributed by atoms with Crippen molar-refractivity contribution in [3.63, 3.8) is 0 Å². The minimum Gasteiger partial charge on any atom is -0.439 e. The maximum Gasteiger partial charge on any atom is 0.220 e. The van der Waals surface area contributed by atoms with Gasteiger partial charge in [-0.3, -0.25) is 4.79 Å². The Balaban J connectivity index is 1.37. The summed E-state index contributed by atoms with van der Waals surface area (Å²) in [5, 5.41) is 0.729. The lowest BCUT2D eigenvalue weighted by molar-refractivity contribution is 0.102. The van der Waals surface area contributed by atoms with Crippen LogP contribution in [0.5, 0.6) is 11.6 Å². The van der Waals surface area contributed by atoms with Crippen molar-refractivity contribution in [1.29, 1.82) is 0 Å². The summed E-state index contributed by atoms with van der Waals surface area (Å²) < 4.78 is 33.3. The number of ether oxygens (including phenoxy) is 1. The van der Waals surface area contributed by atoms with E-state index in [-0.39, 0.29) is 16.4 Å². The molecule has 192 valence electrons. The highest BCUT2D eigenvalue weighted by Crippen LogP contribution is 2.37. The summed E-state index contributed by atoms with van der Waals surface area (Å²) in [5.41, 5.74) is 0.916. The third kappa shape index (κ3) is 5.21. The second-order valence-corrected chi connectivity index (χ2v) is 13.2. The van der Waals surface area contributed by atoms with Gasteiger partial charge in [0.05, 0.1) is 20.8 Å². The van der Waals surface area contributed by atoms with Crippen LogP contribution in [0.1, 0.15) is 42.6 Å². The number of sulfone groups is 1. The largest absolute Gasteiger partial charge is 0.439 e. The summed E-state index contributed by atoms with van der Waals surface area (Å²) in [7, 11) is -4.03. The van der Waals surface area contributed by atoms with Crippen molar-refractivity contribution < 1.29 is 17.9 Å². The van der Waals surface area contributed by atoms with Crippen LogP contribution in [0.15, 0.2) is 59.8 Å². The summed E-state index contributed by atoms with van der Waals surface area (Å²) in [5.74, 6) is 0.352. The summed E-state index contributed by atoms with van der Waals surface area (Å²) in [4.78, 5) is 28.5. The van der Waals surface area contributed by atoms with E-state index in [0.29, 0.717) is 23.0 Å². The van der Waals surface area contributed by atoms with E-state index in [9.17, 15) is 13.2 Å². The maximum atomic E-state index is 13.3. The van der Waals surface area contributed by atoms with Gasteiger partial charge in [0.1, 0.15) is 17.3 Å². The van der Waals surface area contributed by atoms with Crippen LogP contribution in [-0.4, -0.2) is 47.0 Å². The first-order chi connectivity index (χ1) is 17.5. The average Bonchev–Trinajstić information content (AvgIpc) is 3.34. The molecular formula is C27H28N4O4S2. The molecule has 0 radical (unpaired) electrons. The lowest BCUT2D eigenvalue weighted by atomic mass is 9.97. The molecule has 0 amide bonds. The van der Waals surface area contributed by atoms with Gasteiger partial charge in [-0.05, 0) is 63.4 Å². The SMILES string of the molecule is Cc1nc2cc(Oc3cccc(S(=O)(=O)CC(=O)c4cccnc4N4CC(C)CC4(C)C)n3)ccc2s1. The van der Waals surface area contributed by atoms with Crippen molar-refractivity contribution in [2.45, 2.75) is 44.7 Å². The van der Waals surface area contributed by atoms with Gasteiger partial charge in [0, 0.05) is 30.4 Å². The molecule has 1 aliphatic heterocycles. The molecule has 4 heterocycles. The number of anilines is 1. The average molecular weight is 537 g/mol. The predicted octanol–water partition coefficient (Wildman–Crippen LogP) is 5.47. The quantitative estimate of drug-likeness (QED) is 0.287. The zero-order valence-corrected chi connectivity index (χ0v) is 22.8. The first-order valence-electron chi connectivity index (χ1n) is 12.0. The summed E-state index contributed by atoms with van der Waals surface area (Å²) >= 11 is 1.58. The molecular weight excluding hydrogens is 508 g/mol. The summed E-state index contributed by atoms with van der Waals surface area (Å²) in [6.07, 6.45) is 2.59. The van der Waals surface area contributed by atoms with Crippen molar-refractivity contribution in [3.8, 4) is 11.6 Å². The molecule has 37 heavy (non-hydrogen) atoms. The lowest BCUT2D eigenvalue weighted by Crippen LogP contribution is -2.39. The highest BCUT2D eigenvalue weighted by molar-refractivity contribution is 7.92. The fourth-order valence-electron chi connectivity index (χ4n) is 4.95. The first-order valence-corrected chi connectivity index (χ1v) is 14.5. The van der Waals surface area contributed by atoms with Gasteiger partial charge in [0.15, 0.2) is 10.8 Å². The minimum atomic E-state index is -4.03. The van der Waals surface area contributed by atoms with Gasteiger partial charge in [-0.2, -0.15) is 0 Å². The molecule has 0 bridgehead atoms. The Morgan fingerprint density at radius 2 is 1.97 bits per heavy atom. The molecule has 10 heteroatoms. The van der Waals surface area contributed by atoms with Crippen molar-refractivity contribution in [1.82, 2.24) is 15.0 Å². The van der Waals surface area contributed by atoms with Gasteiger partial charge in [-0.1, -0.05) is 13.0 Å². The van der Waals surface area contributed by atoms with E-state index in [1.807, 2.05) is 13.0 Å². The number of carbonyl (C=O) groups is 1. The molecule has 0 aliphatic carbocycles. The van der Waals surface area contributed by atoms with Crippen LogP contribution in [0.25, 0.3) is 10.2 Å². The van der Waals surface area contributed by atoms with E-state index in [2.05, 4.69) is 40.6 Å². The van der Waals surface area contributed by atoms with E-state index < -0.39 is 21.4 Å². The number of Topliss-reactive ketones (excluding diaryl/α,β-unsaturated/α-hetero) is 1. The van der Waals surface area contributed by atoms with E-state index in [1.54, 1.807) is 53.9 Å². The summed E-state index contributed by atoms with van der Waals surface area (Å²) in [6, 6.07) is 13.3. The van der Waals surface area contributed by atoms with Crippen LogP contribution in [0, 0.1) is 12.8 Å². The number of aryl methyl sites for hydroxylation is 1. The first kappa shape index (κ1) is 25.3. The van der Waals surface area contributed by atoms with E-state index in [4.69, 9.17) is 4.74 Å². The Bertz CT molecular complexity index is 1600. The Kier molecular flexibility index (Phi) is 6.49. The smallest absolute Gasteiger partial charge is 0.220 e. The van der Waals surface area contributed by atoms with Gasteiger partial charge >= 0.3 is 0 Å². The van der Waals surface area contributed by atoms with E-state index in [0.717, 1.165) is 28.2 Å². The number of rotatable bonds is 7. The number of thiazole rings is 1. The molecule has 8 nitrogen and oxygen atoms in total. The number of carbonyl (C=O) groups excluding carboxylic acids is 1. The van der Waals surface area contributed by atoms with Crippen molar-refractivity contribution in [2.24, 2.45) is 5.92 Å². The second-order valence-electron chi connectivity index (χ2n) is 10.1. The molecule has 0 spiro atoms. The Hall–Kier alpha value is -3.37. The van der Waals surface area contributed by atoms with Crippen LogP contribution in [0.4, 0.5) is 5.82 Å². The molecule has 1 fully saturated rings. The zero-order chi connectivity index (χ0) is 26.4. The van der Waals surface area contributed by atoms with Crippen molar-refractivity contribution >= 4 is 43.0 Å². The maximum absolute atomic E-state index is 13.3. The van der Waals surface area contributed by atoms with Crippen LogP contribution in [0.2, 0.25) is 0 Å². The summed E-state index contributed by atoms with van der Waals surface area (Å²) in [6.45, 7) is 9.07. The monoisotopic (exact) mass is 536 g/mol. The van der Waals surface area contributed by atoms with Crippen molar-refractivity contribution in [2.75, 3.05) is 17.2 Å². The molecule has 1 unspecified atom stereocenters. The fraction of sp³-hybridized carbons (Fsp3) is 0.333. The van der Waals surface area contributed by atoms with Crippen LogP contribution >= 0.6 is 11.3 Å². The lowest BCUT2D eigenvalue weighted by Gasteiger charge is -2.33. The van der Waals surface area contributed by atoms with Gasteiger partial charge in [0.2, 0.25) is 15.7 Å². The van der Waals surface area contributed by atoms with E-state index >= 15 is 0 Å². The molecule has 1 saturated heterocycles. The third-order valence-corrected chi connectivity index (χ3v) is 8.90. The number of ketones is 1. The number of hydrogen-bond donors (Lipinski definition) is 0. The Morgan fingerprint density at radius 1 is 1.16 bits per heavy atom. The third-order valence-electron chi connectivity index (χ3n) is 6.44. The molecule has 0 N–H and O–H groups in total. The standard InChI is InChI=1S/C27H28N4O4S2/c1-17-14-27(3,4)31(15-17)26-20(7-6-12-28-26)22(32)16-37(33,34)25-9-5-8-24(30-25)35-19-10-11-23-21(13-19)29-18(2)36-23/h5-13,17H,14-16H2,1-4H3. The van der Waals surface area contributed by atoms with E-state index in [1.165, 1.54) is 6.07 Å². The van der Waals surface area contributed by atoms with Crippen LogP contribution < -0.4 is 9.64 Å². The topological polar surface area (TPSA) is 102 Å². The number of benzene rings is 1. The van der Waals surface area contributed by atoms with Crippen LogP contribution in [-0.2, 0) is 9.84 Å². The molecule has 5 rings (SSSR count). The second kappa shape index (κ2) is 9.50. The molecule has 1 aliphatic rings. The zero-order valence-electron chi connectivity index (χ0n) is 21.1. The van der Waals surface area contributed by atoms with Gasteiger partial charge in [-0.15, -0.1) is 11.3 Å². The Morgan fingerprint density at radius 3 is 2.73 bits per heavy atom. The number of fused-ring (bicyclic) bond motifs is 1. The normalized spacial score (nSPS) is 17.3. The van der Waals surface area contributed by atoms with Gasteiger partial charge < -0.3 is 9.64 Å². The van der Waals surface area contributed by atoms with Crippen molar-refractivity contribution in [3.05, 3.63) is 65.3 Å².